The van der Waals surface area contributed by atoms with E-state index in [-0.39, 0.29) is 0 Å². The average molecular weight is 253 g/mol. The van der Waals surface area contributed by atoms with E-state index in [0.717, 1.165) is 10.1 Å². The van der Waals surface area contributed by atoms with Crippen molar-refractivity contribution in [2.75, 3.05) is 0 Å². The molecule has 1 aromatic heterocycles. The quantitative estimate of drug-likeness (QED) is 0.878. The number of rotatable bonds is 2. The highest BCUT2D eigenvalue weighted by molar-refractivity contribution is 7.19. The van der Waals surface area contributed by atoms with Gasteiger partial charge in [0, 0.05) is 16.0 Å². The van der Waals surface area contributed by atoms with Gasteiger partial charge >= 0.3 is 0 Å². The van der Waals surface area contributed by atoms with Gasteiger partial charge in [0.05, 0.1) is 0 Å². The summed E-state index contributed by atoms with van der Waals surface area (Å²) in [5.41, 5.74) is 3.38. The lowest BCUT2D eigenvalue weighted by Crippen LogP contribution is -2.33. The van der Waals surface area contributed by atoms with Crippen LogP contribution in [0.1, 0.15) is 11.3 Å². The number of primary amides is 1. The van der Waals surface area contributed by atoms with Gasteiger partial charge in [-0.15, -0.1) is 11.3 Å². The van der Waals surface area contributed by atoms with Gasteiger partial charge in [0.2, 0.25) is 5.91 Å². The average Bonchev–Trinajstić information content (AvgIpc) is 2.69. The molecule has 88 valence electrons. The topological polar surface area (TPSA) is 43.1 Å². The molecule has 0 saturated heterocycles. The lowest BCUT2D eigenvalue weighted by atomic mass is 10.0. The molecule has 0 spiro atoms. The van der Waals surface area contributed by atoms with Gasteiger partial charge in [-0.05, 0) is 17.5 Å². The van der Waals surface area contributed by atoms with E-state index in [9.17, 15) is 13.6 Å². The van der Waals surface area contributed by atoms with Crippen molar-refractivity contribution in [1.82, 2.24) is 0 Å². The summed E-state index contributed by atoms with van der Waals surface area (Å²) in [4.78, 5) is 11.7. The molecule has 1 fully saturated rings. The number of carbonyl (C=O) groups excluding carboxylic acids is 1. The maximum Gasteiger partial charge on any atom is 0.269 e. The minimum absolute atomic E-state index is 0.371. The van der Waals surface area contributed by atoms with Gasteiger partial charge in [-0.1, -0.05) is 18.2 Å². The molecule has 1 aromatic carbocycles. The van der Waals surface area contributed by atoms with E-state index in [4.69, 9.17) is 5.73 Å². The first-order valence-electron chi connectivity index (χ1n) is 5.14. The van der Waals surface area contributed by atoms with Crippen molar-refractivity contribution in [3.8, 4) is 0 Å². The van der Waals surface area contributed by atoms with Crippen molar-refractivity contribution in [1.29, 1.82) is 0 Å². The summed E-state index contributed by atoms with van der Waals surface area (Å²) in [6, 6.07) is 9.00. The number of amides is 1. The number of thiophene rings is 1. The second-order valence-corrected chi connectivity index (χ2v) is 5.38. The van der Waals surface area contributed by atoms with E-state index in [1.807, 2.05) is 24.3 Å². The Morgan fingerprint density at radius 2 is 2.00 bits per heavy atom. The molecule has 0 aliphatic heterocycles. The molecule has 0 bridgehead atoms. The van der Waals surface area contributed by atoms with Crippen LogP contribution in [0.5, 0.6) is 0 Å². The van der Waals surface area contributed by atoms with E-state index >= 15 is 0 Å². The smallest absolute Gasteiger partial charge is 0.269 e. The number of halogens is 2. The van der Waals surface area contributed by atoms with Crippen LogP contribution in [0.15, 0.2) is 30.3 Å². The fraction of sp³-hybridized carbons (Fsp3) is 0.250. The first kappa shape index (κ1) is 10.7. The molecular formula is C12H9F2NOS. The fourth-order valence-electron chi connectivity index (χ4n) is 2.14. The van der Waals surface area contributed by atoms with Gasteiger partial charge in [-0.2, -0.15) is 0 Å². The molecule has 2 aromatic rings. The lowest BCUT2D eigenvalue weighted by molar-refractivity contribution is -0.122. The monoisotopic (exact) mass is 253 g/mol. The first-order valence-corrected chi connectivity index (χ1v) is 5.96. The minimum atomic E-state index is -3.00. The molecule has 1 saturated carbocycles. The maximum absolute atomic E-state index is 13.4. The lowest BCUT2D eigenvalue weighted by Gasteiger charge is -2.09. The molecule has 1 aliphatic rings. The van der Waals surface area contributed by atoms with Crippen LogP contribution in [0, 0.1) is 0 Å². The molecule has 2 N–H and O–H groups in total. The standard InChI is InChI=1S/C12H9F2NOS/c13-12(14)6-11(12,10(15)16)9-5-7-3-1-2-4-8(7)17-9/h1-5H,6H2,(H2,15,16)/t11-/m0/s1. The summed E-state index contributed by atoms with van der Waals surface area (Å²) < 4.78 is 27.7. The van der Waals surface area contributed by atoms with Crippen molar-refractivity contribution in [2.45, 2.75) is 17.8 Å². The van der Waals surface area contributed by atoms with Gasteiger partial charge in [-0.3, -0.25) is 4.79 Å². The molecule has 0 radical (unpaired) electrons. The fourth-order valence-corrected chi connectivity index (χ4v) is 3.45. The molecule has 0 unspecified atom stereocenters. The second kappa shape index (κ2) is 3.04. The van der Waals surface area contributed by atoms with E-state index in [1.54, 1.807) is 6.07 Å². The Kier molecular flexibility index (Phi) is 1.91. The number of nitrogens with two attached hydrogens (primary N) is 1. The number of fused-ring (bicyclic) bond motifs is 1. The van der Waals surface area contributed by atoms with E-state index in [2.05, 4.69) is 0 Å². The summed E-state index contributed by atoms with van der Waals surface area (Å²) in [6.45, 7) is 0. The largest absolute Gasteiger partial charge is 0.369 e. The number of carbonyl (C=O) groups is 1. The Hall–Kier alpha value is -1.49. The van der Waals surface area contributed by atoms with Crippen LogP contribution in [-0.4, -0.2) is 11.8 Å². The molecule has 5 heteroatoms. The van der Waals surface area contributed by atoms with E-state index in [0.29, 0.717) is 4.88 Å². The Balaban J connectivity index is 2.18. The van der Waals surface area contributed by atoms with Gasteiger partial charge in [-0.25, -0.2) is 8.78 Å². The van der Waals surface area contributed by atoms with Crippen molar-refractivity contribution < 1.29 is 13.6 Å². The highest BCUT2D eigenvalue weighted by Crippen LogP contribution is 2.63. The summed E-state index contributed by atoms with van der Waals surface area (Å²) in [6.07, 6.45) is -0.470. The second-order valence-electron chi connectivity index (χ2n) is 4.30. The van der Waals surface area contributed by atoms with Crippen LogP contribution in [0.2, 0.25) is 0 Å². The summed E-state index contributed by atoms with van der Waals surface area (Å²) in [5, 5.41) is 0.871. The Morgan fingerprint density at radius 1 is 1.35 bits per heavy atom. The van der Waals surface area contributed by atoms with Crippen molar-refractivity contribution in [3.05, 3.63) is 35.2 Å². The van der Waals surface area contributed by atoms with Crippen LogP contribution in [0.4, 0.5) is 8.78 Å². The number of benzene rings is 1. The minimum Gasteiger partial charge on any atom is -0.369 e. The summed E-state index contributed by atoms with van der Waals surface area (Å²) in [7, 11) is 0. The van der Waals surface area contributed by atoms with Gasteiger partial charge < -0.3 is 5.73 Å². The Bertz CT molecular complexity index is 589. The molecule has 1 atom stereocenters. The summed E-state index contributed by atoms with van der Waals surface area (Å²) in [5.74, 6) is -3.94. The third kappa shape index (κ3) is 1.26. The highest BCUT2D eigenvalue weighted by Gasteiger charge is 2.76. The van der Waals surface area contributed by atoms with Crippen LogP contribution in [0.25, 0.3) is 10.1 Å². The number of hydrogen-bond donors (Lipinski definition) is 1. The molecule has 1 aliphatic carbocycles. The predicted octanol–water partition coefficient (Wildman–Crippen LogP) is 2.66. The van der Waals surface area contributed by atoms with Gasteiger partial charge in [0.25, 0.3) is 5.92 Å². The SMILES string of the molecule is NC(=O)[C@@]1(c2cc3ccccc3s2)CC1(F)F. The molecular weight excluding hydrogens is 244 g/mol. The van der Waals surface area contributed by atoms with Gasteiger partial charge in [0.1, 0.15) is 0 Å². The molecule has 17 heavy (non-hydrogen) atoms. The Morgan fingerprint density at radius 3 is 2.53 bits per heavy atom. The maximum atomic E-state index is 13.4. The van der Waals surface area contributed by atoms with Crippen molar-refractivity contribution in [2.24, 2.45) is 5.73 Å². The van der Waals surface area contributed by atoms with Crippen LogP contribution < -0.4 is 5.73 Å². The van der Waals surface area contributed by atoms with Crippen LogP contribution in [0.3, 0.4) is 0 Å². The normalized spacial score (nSPS) is 26.0. The zero-order valence-electron chi connectivity index (χ0n) is 8.74. The first-order chi connectivity index (χ1) is 7.97. The number of hydrogen-bond acceptors (Lipinski definition) is 2. The van der Waals surface area contributed by atoms with Gasteiger partial charge in [0.15, 0.2) is 5.41 Å². The van der Waals surface area contributed by atoms with Crippen molar-refractivity contribution >= 4 is 27.3 Å². The molecule has 1 amide bonds. The van der Waals surface area contributed by atoms with Crippen LogP contribution >= 0.6 is 11.3 Å². The molecule has 2 nitrogen and oxygen atoms in total. The Labute approximate surface area is 100 Å². The zero-order chi connectivity index (χ0) is 12.3. The molecule has 1 heterocycles. The predicted molar refractivity (Wildman–Crippen MR) is 62.3 cm³/mol. The zero-order valence-corrected chi connectivity index (χ0v) is 9.56. The molecule has 3 rings (SSSR count). The van der Waals surface area contributed by atoms with E-state index < -0.39 is 23.7 Å². The van der Waals surface area contributed by atoms with Crippen molar-refractivity contribution in [3.63, 3.8) is 0 Å². The highest BCUT2D eigenvalue weighted by atomic mass is 32.1. The summed E-state index contributed by atoms with van der Waals surface area (Å²) >= 11 is 1.22. The third-order valence-corrected chi connectivity index (χ3v) is 4.53. The number of alkyl halides is 2. The third-order valence-electron chi connectivity index (χ3n) is 3.25. The van der Waals surface area contributed by atoms with E-state index in [1.165, 1.54) is 11.3 Å². The van der Waals surface area contributed by atoms with Crippen LogP contribution in [-0.2, 0) is 10.2 Å².